The first-order chi connectivity index (χ1) is 4.22. The predicted molar refractivity (Wildman–Crippen MR) is 35.5 cm³/mol. The molecule has 0 rings (SSSR count). The van der Waals surface area contributed by atoms with Crippen LogP contribution in [0.1, 0.15) is 0 Å². The maximum atomic E-state index is 8.85. The molecule has 0 amide bonds. The highest BCUT2D eigenvalue weighted by molar-refractivity contribution is 4.66. The van der Waals surface area contributed by atoms with E-state index < -0.39 is 18.8 Å². The fourth-order valence-electron chi connectivity index (χ4n) is 0.467. The lowest BCUT2D eigenvalue weighted by Gasteiger charge is -2.13. The molecule has 10 heavy (non-hydrogen) atoms. The lowest BCUT2D eigenvalue weighted by molar-refractivity contribution is -0.0120. The van der Waals surface area contributed by atoms with Crippen molar-refractivity contribution in [3.63, 3.8) is 0 Å². The van der Waals surface area contributed by atoms with Crippen molar-refractivity contribution in [2.45, 2.75) is 12.2 Å². The van der Waals surface area contributed by atoms with E-state index in [0.717, 1.165) is 0 Å². The monoisotopic (exact) mass is 155 g/mol. The van der Waals surface area contributed by atoms with Crippen LogP contribution < -0.4 is 5.32 Å². The van der Waals surface area contributed by atoms with Gasteiger partial charge >= 0.3 is 0 Å². The molecule has 0 aliphatic carbocycles. The summed E-state index contributed by atoms with van der Waals surface area (Å²) in [6.45, 7) is -0.107. The Hall–Kier alpha value is -0.230. The van der Waals surface area contributed by atoms with Crippen LogP contribution in [0, 0.1) is 0 Å². The van der Waals surface area contributed by atoms with Crippen molar-refractivity contribution in [3.8, 4) is 0 Å². The number of aliphatic hydroxyl groups is 3. The highest BCUT2D eigenvalue weighted by atomic mass is 19.0. The van der Waals surface area contributed by atoms with Crippen molar-refractivity contribution in [3.05, 3.63) is 0 Å². The molecule has 0 spiro atoms. The van der Waals surface area contributed by atoms with E-state index >= 15 is 0 Å². The molecule has 0 aliphatic heterocycles. The third kappa shape index (κ3) is 4.63. The topological polar surface area (TPSA) is 72.7 Å². The molecule has 0 bridgehead atoms. The molecule has 4 N–H and O–H groups in total. The largest absolute Gasteiger partial charge is 0.394 e. The van der Waals surface area contributed by atoms with Gasteiger partial charge in [0.05, 0.1) is 12.7 Å². The van der Waals surface area contributed by atoms with Gasteiger partial charge in [0, 0.05) is 6.54 Å². The number of hydrogen-bond acceptors (Lipinski definition) is 4. The van der Waals surface area contributed by atoms with E-state index in [1.807, 2.05) is 0 Å². The number of aliphatic hydroxyl groups excluding tert-OH is 3. The summed E-state index contributed by atoms with van der Waals surface area (Å²) < 4.78 is 0. The minimum absolute atomic E-state index is 0. The van der Waals surface area contributed by atoms with Crippen LogP contribution >= 0.6 is 0 Å². The number of halogens is 1. The van der Waals surface area contributed by atoms with Gasteiger partial charge in [0.1, 0.15) is 6.10 Å². The van der Waals surface area contributed by atoms with Gasteiger partial charge in [0.15, 0.2) is 0 Å². The molecule has 0 aromatic carbocycles. The quantitative estimate of drug-likeness (QED) is 0.381. The smallest absolute Gasteiger partial charge is 0.104 e. The molecule has 0 heterocycles. The summed E-state index contributed by atoms with van der Waals surface area (Å²) in [4.78, 5) is 0. The second-order valence-electron chi connectivity index (χ2n) is 1.87. The summed E-state index contributed by atoms with van der Waals surface area (Å²) in [5.74, 6) is 0. The highest BCUT2D eigenvalue weighted by Crippen LogP contribution is 1.88. The second-order valence-corrected chi connectivity index (χ2v) is 1.87. The van der Waals surface area contributed by atoms with E-state index in [1.54, 1.807) is 7.05 Å². The second kappa shape index (κ2) is 6.88. The van der Waals surface area contributed by atoms with Crippen molar-refractivity contribution < 1.29 is 20.0 Å². The standard InChI is InChI=1S/C5H13NO3.FH/c1-6-2-4(8)5(9)3-7;/h4-9H,2-3H2,1H3;1H/t4-,5+;/m1./s1. The van der Waals surface area contributed by atoms with E-state index in [1.165, 1.54) is 0 Å². The Balaban J connectivity index is 0. The van der Waals surface area contributed by atoms with Crippen LogP contribution in [-0.4, -0.2) is 47.7 Å². The van der Waals surface area contributed by atoms with Gasteiger partial charge in [-0.25, -0.2) is 0 Å². The minimum Gasteiger partial charge on any atom is -0.394 e. The lowest BCUT2D eigenvalue weighted by atomic mass is 10.2. The zero-order valence-electron chi connectivity index (χ0n) is 5.82. The fourth-order valence-corrected chi connectivity index (χ4v) is 0.467. The first-order valence-corrected chi connectivity index (χ1v) is 2.84. The van der Waals surface area contributed by atoms with Gasteiger partial charge in [-0.3, -0.25) is 4.70 Å². The molecule has 0 radical (unpaired) electrons. The van der Waals surface area contributed by atoms with E-state index in [2.05, 4.69) is 5.32 Å². The van der Waals surface area contributed by atoms with Crippen LogP contribution in [-0.2, 0) is 0 Å². The molecular weight excluding hydrogens is 141 g/mol. The van der Waals surface area contributed by atoms with Crippen LogP contribution in [0.2, 0.25) is 0 Å². The molecular formula is C5H14FNO3. The van der Waals surface area contributed by atoms with E-state index in [9.17, 15) is 0 Å². The number of nitrogens with one attached hydrogen (secondary N) is 1. The summed E-state index contributed by atoms with van der Waals surface area (Å²) in [5.41, 5.74) is 0. The SMILES string of the molecule is CNC[C@@H](O)[C@@H](O)CO.F. The van der Waals surface area contributed by atoms with Crippen molar-refractivity contribution >= 4 is 0 Å². The maximum Gasteiger partial charge on any atom is 0.104 e. The van der Waals surface area contributed by atoms with Gasteiger partial charge in [0.2, 0.25) is 0 Å². The van der Waals surface area contributed by atoms with Crippen LogP contribution in [0.15, 0.2) is 0 Å². The summed E-state index contributed by atoms with van der Waals surface area (Å²) in [5, 5.41) is 28.5. The zero-order valence-corrected chi connectivity index (χ0v) is 5.82. The van der Waals surface area contributed by atoms with E-state index in [0.29, 0.717) is 6.54 Å². The molecule has 0 aromatic rings. The van der Waals surface area contributed by atoms with Gasteiger partial charge in [0.25, 0.3) is 0 Å². The fraction of sp³-hybridized carbons (Fsp3) is 1.00. The Morgan fingerprint density at radius 3 is 2.10 bits per heavy atom. The Morgan fingerprint density at radius 2 is 1.80 bits per heavy atom. The molecule has 2 atom stereocenters. The third-order valence-corrected chi connectivity index (χ3v) is 1.04. The molecule has 0 aromatic heterocycles. The normalized spacial score (nSPS) is 15.6. The highest BCUT2D eigenvalue weighted by Gasteiger charge is 2.12. The Labute approximate surface area is 58.9 Å². The number of likely N-dealkylation sites (N-methyl/N-ethyl adjacent to an activating group) is 1. The molecule has 4 nitrogen and oxygen atoms in total. The summed E-state index contributed by atoms with van der Waals surface area (Å²) in [6, 6.07) is 0. The van der Waals surface area contributed by atoms with Gasteiger partial charge in [-0.15, -0.1) is 0 Å². The van der Waals surface area contributed by atoms with Gasteiger partial charge in [-0.05, 0) is 7.05 Å². The van der Waals surface area contributed by atoms with Crippen LogP contribution in [0.5, 0.6) is 0 Å². The predicted octanol–water partition coefficient (Wildman–Crippen LogP) is -1.93. The molecule has 0 saturated heterocycles. The first kappa shape index (κ1) is 12.4. The zero-order chi connectivity index (χ0) is 7.28. The average Bonchev–Trinajstić information content (AvgIpc) is 1.87. The van der Waals surface area contributed by atoms with Crippen molar-refractivity contribution in [2.24, 2.45) is 0 Å². The van der Waals surface area contributed by atoms with Gasteiger partial charge in [-0.1, -0.05) is 0 Å². The number of hydrogen-bond donors (Lipinski definition) is 4. The summed E-state index contributed by atoms with van der Waals surface area (Å²) in [6.07, 6.45) is -1.91. The minimum atomic E-state index is -1.03. The van der Waals surface area contributed by atoms with Crippen molar-refractivity contribution in [2.75, 3.05) is 20.2 Å². The first-order valence-electron chi connectivity index (χ1n) is 2.84. The van der Waals surface area contributed by atoms with E-state index in [-0.39, 0.29) is 4.70 Å². The summed E-state index contributed by atoms with van der Waals surface area (Å²) >= 11 is 0. The van der Waals surface area contributed by atoms with Crippen LogP contribution in [0.3, 0.4) is 0 Å². The molecule has 5 heteroatoms. The Bertz CT molecular complexity index is 73.9. The Kier molecular flexibility index (Phi) is 8.57. The van der Waals surface area contributed by atoms with E-state index in [4.69, 9.17) is 15.3 Å². The molecule has 0 unspecified atom stereocenters. The summed E-state index contributed by atoms with van der Waals surface area (Å²) in [7, 11) is 1.66. The maximum absolute atomic E-state index is 8.85. The van der Waals surface area contributed by atoms with Crippen molar-refractivity contribution in [1.82, 2.24) is 5.32 Å². The lowest BCUT2D eigenvalue weighted by Crippen LogP contribution is -2.36. The third-order valence-electron chi connectivity index (χ3n) is 1.04. The van der Waals surface area contributed by atoms with Crippen LogP contribution in [0.4, 0.5) is 4.70 Å². The molecule has 0 fully saturated rings. The molecule has 0 aliphatic rings. The number of rotatable bonds is 4. The Morgan fingerprint density at radius 1 is 1.30 bits per heavy atom. The van der Waals surface area contributed by atoms with Crippen molar-refractivity contribution in [1.29, 1.82) is 0 Å². The molecule has 0 saturated carbocycles. The van der Waals surface area contributed by atoms with Gasteiger partial charge in [-0.2, -0.15) is 0 Å². The van der Waals surface area contributed by atoms with Crippen LogP contribution in [0.25, 0.3) is 0 Å². The van der Waals surface area contributed by atoms with Gasteiger partial charge < -0.3 is 20.6 Å². The average molecular weight is 155 g/mol. The molecule has 64 valence electrons.